The van der Waals surface area contributed by atoms with Gasteiger partial charge in [-0.2, -0.15) is 0 Å². The fourth-order valence-corrected chi connectivity index (χ4v) is 2.77. The molecular formula is C15H21NO. The van der Waals surface area contributed by atoms with Crippen molar-refractivity contribution in [3.8, 4) is 0 Å². The van der Waals surface area contributed by atoms with E-state index >= 15 is 0 Å². The van der Waals surface area contributed by atoms with Gasteiger partial charge in [-0.1, -0.05) is 25.7 Å². The predicted octanol–water partition coefficient (Wildman–Crippen LogP) is 3.73. The molecule has 2 N–H and O–H groups in total. The molecule has 2 nitrogen and oxygen atoms in total. The maximum Gasteiger partial charge on any atom is 0.163 e. The van der Waals surface area contributed by atoms with E-state index < -0.39 is 0 Å². The molecule has 1 fully saturated rings. The number of benzene rings is 1. The van der Waals surface area contributed by atoms with Gasteiger partial charge in [0.25, 0.3) is 0 Å². The summed E-state index contributed by atoms with van der Waals surface area (Å²) < 4.78 is 0. The average Bonchev–Trinajstić information content (AvgIpc) is 2.78. The summed E-state index contributed by atoms with van der Waals surface area (Å²) in [6.07, 6.45) is 7.07. The Labute approximate surface area is 103 Å². The summed E-state index contributed by atoms with van der Waals surface area (Å²) in [6, 6.07) is 5.56. The second-order valence-corrected chi connectivity index (χ2v) is 5.19. The van der Waals surface area contributed by atoms with Crippen molar-refractivity contribution in [2.75, 3.05) is 5.73 Å². The van der Waals surface area contributed by atoms with Crippen LogP contribution in [-0.2, 0) is 0 Å². The minimum Gasteiger partial charge on any atom is -0.399 e. The molecule has 1 aliphatic rings. The second-order valence-electron chi connectivity index (χ2n) is 5.19. The smallest absolute Gasteiger partial charge is 0.163 e. The van der Waals surface area contributed by atoms with Gasteiger partial charge < -0.3 is 5.73 Å². The molecule has 0 spiro atoms. The standard InChI is InChI=1S/C15H21NO/c1-11-10-13(16)7-8-14(11)15(17)9-6-12-4-2-3-5-12/h7-8,10,12H,2-6,9,16H2,1H3. The van der Waals surface area contributed by atoms with Gasteiger partial charge in [0, 0.05) is 17.7 Å². The molecule has 0 unspecified atom stereocenters. The van der Waals surface area contributed by atoms with Crippen molar-refractivity contribution in [1.82, 2.24) is 0 Å². The fourth-order valence-electron chi connectivity index (χ4n) is 2.77. The molecule has 1 aromatic carbocycles. The highest BCUT2D eigenvalue weighted by molar-refractivity contribution is 5.97. The van der Waals surface area contributed by atoms with Crippen molar-refractivity contribution in [3.63, 3.8) is 0 Å². The Morgan fingerprint density at radius 3 is 2.71 bits per heavy atom. The molecule has 17 heavy (non-hydrogen) atoms. The fraction of sp³-hybridized carbons (Fsp3) is 0.533. The third kappa shape index (κ3) is 3.09. The molecule has 1 aromatic rings. The number of hydrogen-bond acceptors (Lipinski definition) is 2. The largest absolute Gasteiger partial charge is 0.399 e. The monoisotopic (exact) mass is 231 g/mol. The molecule has 2 heteroatoms. The summed E-state index contributed by atoms with van der Waals surface area (Å²) in [5.74, 6) is 1.06. The van der Waals surface area contributed by atoms with E-state index in [0.29, 0.717) is 6.42 Å². The lowest BCUT2D eigenvalue weighted by Gasteiger charge is -2.09. The topological polar surface area (TPSA) is 43.1 Å². The number of hydrogen-bond donors (Lipinski definition) is 1. The van der Waals surface area contributed by atoms with Gasteiger partial charge in [-0.25, -0.2) is 0 Å². The van der Waals surface area contributed by atoms with Gasteiger partial charge in [-0.3, -0.25) is 4.79 Å². The summed E-state index contributed by atoms with van der Waals surface area (Å²) in [6.45, 7) is 1.96. The molecule has 0 amide bonds. The number of carbonyl (C=O) groups excluding carboxylic acids is 1. The molecule has 2 rings (SSSR count). The molecule has 92 valence electrons. The Morgan fingerprint density at radius 1 is 1.35 bits per heavy atom. The predicted molar refractivity (Wildman–Crippen MR) is 71.1 cm³/mol. The molecule has 1 saturated carbocycles. The highest BCUT2D eigenvalue weighted by Crippen LogP contribution is 2.29. The highest BCUT2D eigenvalue weighted by atomic mass is 16.1. The van der Waals surface area contributed by atoms with E-state index in [-0.39, 0.29) is 5.78 Å². The zero-order chi connectivity index (χ0) is 12.3. The van der Waals surface area contributed by atoms with Crippen molar-refractivity contribution in [3.05, 3.63) is 29.3 Å². The van der Waals surface area contributed by atoms with Gasteiger partial charge >= 0.3 is 0 Å². The van der Waals surface area contributed by atoms with Crippen LogP contribution >= 0.6 is 0 Å². The molecule has 0 aliphatic heterocycles. The van der Waals surface area contributed by atoms with Crippen LogP contribution in [0.25, 0.3) is 0 Å². The molecular weight excluding hydrogens is 210 g/mol. The quantitative estimate of drug-likeness (QED) is 0.633. The Kier molecular flexibility index (Phi) is 3.82. The lowest BCUT2D eigenvalue weighted by molar-refractivity contribution is 0.0973. The number of anilines is 1. The third-order valence-corrected chi connectivity index (χ3v) is 3.81. The Morgan fingerprint density at radius 2 is 2.06 bits per heavy atom. The van der Waals surface area contributed by atoms with Crippen LogP contribution in [0.3, 0.4) is 0 Å². The zero-order valence-electron chi connectivity index (χ0n) is 10.5. The van der Waals surface area contributed by atoms with Crippen molar-refractivity contribution >= 4 is 11.5 Å². The minimum atomic E-state index is 0.273. The van der Waals surface area contributed by atoms with Crippen LogP contribution in [0.5, 0.6) is 0 Å². The summed E-state index contributed by atoms with van der Waals surface area (Å²) >= 11 is 0. The van der Waals surface area contributed by atoms with Crippen LogP contribution in [0.1, 0.15) is 54.4 Å². The molecule has 0 atom stereocenters. The van der Waals surface area contributed by atoms with Crippen LogP contribution in [0, 0.1) is 12.8 Å². The van der Waals surface area contributed by atoms with Crippen molar-refractivity contribution in [1.29, 1.82) is 0 Å². The first kappa shape index (κ1) is 12.2. The third-order valence-electron chi connectivity index (χ3n) is 3.81. The number of Topliss-reactive ketones (excluding diaryl/α,β-unsaturated/α-hetero) is 1. The van der Waals surface area contributed by atoms with E-state index in [1.165, 1.54) is 25.7 Å². The molecule has 0 heterocycles. The maximum absolute atomic E-state index is 12.1. The first-order chi connectivity index (χ1) is 8.16. The lowest BCUT2D eigenvalue weighted by atomic mass is 9.95. The van der Waals surface area contributed by atoms with Gasteiger partial charge in [0.1, 0.15) is 0 Å². The van der Waals surface area contributed by atoms with Crippen LogP contribution < -0.4 is 5.73 Å². The second kappa shape index (κ2) is 5.35. The number of ketones is 1. The van der Waals surface area contributed by atoms with Crippen molar-refractivity contribution in [2.24, 2.45) is 5.92 Å². The minimum absolute atomic E-state index is 0.273. The van der Waals surface area contributed by atoms with Gasteiger partial charge in [-0.05, 0) is 43.0 Å². The van der Waals surface area contributed by atoms with Crippen molar-refractivity contribution in [2.45, 2.75) is 45.4 Å². The molecule has 0 radical (unpaired) electrons. The first-order valence-electron chi connectivity index (χ1n) is 6.56. The molecule has 0 aromatic heterocycles. The first-order valence-corrected chi connectivity index (χ1v) is 6.56. The summed E-state index contributed by atoms with van der Waals surface area (Å²) in [7, 11) is 0. The van der Waals surface area contributed by atoms with Crippen LogP contribution in [0.2, 0.25) is 0 Å². The Bertz CT molecular complexity index is 405. The van der Waals surface area contributed by atoms with E-state index in [9.17, 15) is 4.79 Å². The number of carbonyl (C=O) groups is 1. The lowest BCUT2D eigenvalue weighted by Crippen LogP contribution is -2.05. The van der Waals surface area contributed by atoms with Gasteiger partial charge in [0.15, 0.2) is 5.78 Å². The van der Waals surface area contributed by atoms with Crippen LogP contribution in [0.15, 0.2) is 18.2 Å². The van der Waals surface area contributed by atoms with Gasteiger partial charge in [-0.15, -0.1) is 0 Å². The average molecular weight is 231 g/mol. The van der Waals surface area contributed by atoms with Gasteiger partial charge in [0.05, 0.1) is 0 Å². The van der Waals surface area contributed by atoms with E-state index in [1.54, 1.807) is 0 Å². The number of aryl methyl sites for hydroxylation is 1. The number of nitrogen functional groups attached to an aromatic ring is 1. The van der Waals surface area contributed by atoms with E-state index in [4.69, 9.17) is 5.73 Å². The zero-order valence-corrected chi connectivity index (χ0v) is 10.5. The van der Waals surface area contributed by atoms with Crippen LogP contribution in [0.4, 0.5) is 5.69 Å². The normalized spacial score (nSPS) is 16.3. The number of nitrogens with two attached hydrogens (primary N) is 1. The van der Waals surface area contributed by atoms with E-state index in [0.717, 1.165) is 29.2 Å². The Hall–Kier alpha value is -1.31. The SMILES string of the molecule is Cc1cc(N)ccc1C(=O)CCC1CCCC1. The molecule has 0 saturated heterocycles. The molecule has 1 aliphatic carbocycles. The summed E-state index contributed by atoms with van der Waals surface area (Å²) in [4.78, 5) is 12.1. The summed E-state index contributed by atoms with van der Waals surface area (Å²) in [5, 5.41) is 0. The number of rotatable bonds is 4. The highest BCUT2D eigenvalue weighted by Gasteiger charge is 2.17. The van der Waals surface area contributed by atoms with Gasteiger partial charge in [0.2, 0.25) is 0 Å². The summed E-state index contributed by atoms with van der Waals surface area (Å²) in [5.41, 5.74) is 8.27. The van der Waals surface area contributed by atoms with E-state index in [1.807, 2.05) is 25.1 Å². The van der Waals surface area contributed by atoms with E-state index in [2.05, 4.69) is 0 Å². The maximum atomic E-state index is 12.1. The molecule has 0 bridgehead atoms. The Balaban J connectivity index is 1.94. The van der Waals surface area contributed by atoms with Crippen molar-refractivity contribution < 1.29 is 4.79 Å². The van der Waals surface area contributed by atoms with Crippen LogP contribution in [-0.4, -0.2) is 5.78 Å².